The lowest BCUT2D eigenvalue weighted by Gasteiger charge is -2.13. The Labute approximate surface area is 135 Å². The Morgan fingerprint density at radius 1 is 1.24 bits per heavy atom. The minimum atomic E-state index is 0.669. The van der Waals surface area contributed by atoms with E-state index in [1.807, 2.05) is 36.0 Å². The molecule has 5 heteroatoms. The van der Waals surface area contributed by atoms with Gasteiger partial charge in [0.1, 0.15) is 5.76 Å². The molecule has 0 unspecified atom stereocenters. The van der Waals surface area contributed by atoms with Crippen molar-refractivity contribution in [1.82, 2.24) is 5.32 Å². The number of rotatable bonds is 6. The average molecular weight is 320 g/mol. The molecule has 2 N–H and O–H groups in total. The van der Waals surface area contributed by atoms with Crippen LogP contribution in [0.4, 0.5) is 5.69 Å². The number of thiocarbonyl (C=S) groups is 1. The lowest BCUT2D eigenvalue weighted by atomic mass is 10.1. The monoisotopic (exact) mass is 320 g/mol. The van der Waals surface area contributed by atoms with Crippen LogP contribution < -0.4 is 10.6 Å². The van der Waals surface area contributed by atoms with Gasteiger partial charge in [0.25, 0.3) is 0 Å². The third-order valence-electron chi connectivity index (χ3n) is 3.21. The smallest absolute Gasteiger partial charge is 0.170 e. The molecule has 0 amide bonds. The number of aryl methyl sites for hydroxylation is 1. The molecule has 0 aliphatic carbocycles. The number of thioether (sulfide) groups is 1. The maximum atomic E-state index is 5.32. The van der Waals surface area contributed by atoms with E-state index in [0.29, 0.717) is 5.11 Å². The Bertz CT molecular complexity index is 582. The van der Waals surface area contributed by atoms with Gasteiger partial charge in [0.15, 0.2) is 5.11 Å². The summed E-state index contributed by atoms with van der Waals surface area (Å²) in [6, 6.07) is 10.1. The zero-order chi connectivity index (χ0) is 15.1. The van der Waals surface area contributed by atoms with Gasteiger partial charge >= 0.3 is 0 Å². The van der Waals surface area contributed by atoms with Crippen molar-refractivity contribution in [2.24, 2.45) is 0 Å². The van der Waals surface area contributed by atoms with E-state index >= 15 is 0 Å². The van der Waals surface area contributed by atoms with E-state index in [1.54, 1.807) is 6.26 Å². The van der Waals surface area contributed by atoms with Gasteiger partial charge in [0, 0.05) is 18.0 Å². The quantitative estimate of drug-likeness (QED) is 0.619. The molecule has 0 atom stereocenters. The molecule has 2 rings (SSSR count). The van der Waals surface area contributed by atoms with Crippen LogP contribution in [0.5, 0.6) is 0 Å². The zero-order valence-electron chi connectivity index (χ0n) is 12.3. The SMILES string of the molecule is Cc1cccc(NC(=S)NCCSCc2ccco2)c1C. The third-order valence-corrected chi connectivity index (χ3v) is 4.44. The Morgan fingerprint density at radius 2 is 2.10 bits per heavy atom. The van der Waals surface area contributed by atoms with E-state index in [9.17, 15) is 0 Å². The number of anilines is 1. The predicted octanol–water partition coefficient (Wildman–Crippen LogP) is 4.12. The van der Waals surface area contributed by atoms with Crippen LogP contribution in [0, 0.1) is 13.8 Å². The molecule has 1 aromatic heterocycles. The largest absolute Gasteiger partial charge is 0.468 e. The van der Waals surface area contributed by atoms with Gasteiger partial charge in [0.2, 0.25) is 0 Å². The molecule has 0 aliphatic heterocycles. The highest BCUT2D eigenvalue weighted by atomic mass is 32.2. The van der Waals surface area contributed by atoms with Crippen molar-refractivity contribution in [3.8, 4) is 0 Å². The Hall–Kier alpha value is -1.46. The van der Waals surface area contributed by atoms with Crippen LogP contribution in [0.1, 0.15) is 16.9 Å². The number of hydrogen-bond donors (Lipinski definition) is 2. The molecule has 0 spiro atoms. The highest BCUT2D eigenvalue weighted by Gasteiger charge is 2.02. The van der Waals surface area contributed by atoms with Crippen molar-refractivity contribution in [3.63, 3.8) is 0 Å². The van der Waals surface area contributed by atoms with Crippen molar-refractivity contribution < 1.29 is 4.42 Å². The van der Waals surface area contributed by atoms with E-state index < -0.39 is 0 Å². The maximum Gasteiger partial charge on any atom is 0.170 e. The highest BCUT2D eigenvalue weighted by molar-refractivity contribution is 7.98. The topological polar surface area (TPSA) is 37.2 Å². The third kappa shape index (κ3) is 5.10. The second kappa shape index (κ2) is 8.10. The molecule has 0 bridgehead atoms. The molecule has 0 radical (unpaired) electrons. The summed E-state index contributed by atoms with van der Waals surface area (Å²) in [6.45, 7) is 5.03. The number of furan rings is 1. The van der Waals surface area contributed by atoms with Crippen molar-refractivity contribution in [1.29, 1.82) is 0 Å². The summed E-state index contributed by atoms with van der Waals surface area (Å²) in [5.74, 6) is 2.89. The molecule has 2 aromatic rings. The fourth-order valence-electron chi connectivity index (χ4n) is 1.86. The number of hydrogen-bond acceptors (Lipinski definition) is 3. The van der Waals surface area contributed by atoms with Crippen molar-refractivity contribution in [3.05, 3.63) is 53.5 Å². The van der Waals surface area contributed by atoms with Gasteiger partial charge in [0.05, 0.1) is 12.0 Å². The van der Waals surface area contributed by atoms with Crippen LogP contribution in [0.25, 0.3) is 0 Å². The Morgan fingerprint density at radius 3 is 2.86 bits per heavy atom. The summed E-state index contributed by atoms with van der Waals surface area (Å²) in [6.07, 6.45) is 1.71. The van der Waals surface area contributed by atoms with Crippen LogP contribution in [0.2, 0.25) is 0 Å². The molecule has 0 fully saturated rings. The predicted molar refractivity (Wildman–Crippen MR) is 95.0 cm³/mol. The van der Waals surface area contributed by atoms with E-state index in [-0.39, 0.29) is 0 Å². The lowest BCUT2D eigenvalue weighted by molar-refractivity contribution is 0.530. The molecular weight excluding hydrogens is 300 g/mol. The normalized spacial score (nSPS) is 10.4. The molecule has 21 heavy (non-hydrogen) atoms. The van der Waals surface area contributed by atoms with Gasteiger partial charge in [-0.2, -0.15) is 11.8 Å². The Kier molecular flexibility index (Phi) is 6.14. The molecule has 0 aliphatic rings. The molecular formula is C16H20N2OS2. The molecule has 1 aromatic carbocycles. The standard InChI is InChI=1S/C16H20N2OS2/c1-12-5-3-7-15(13(12)2)18-16(20)17-8-10-21-11-14-6-4-9-19-14/h3-7,9H,8,10-11H2,1-2H3,(H2,17,18,20). The van der Waals surface area contributed by atoms with Crippen LogP contribution >= 0.6 is 24.0 Å². The van der Waals surface area contributed by atoms with Crippen molar-refractivity contribution in [2.45, 2.75) is 19.6 Å². The minimum Gasteiger partial charge on any atom is -0.468 e. The van der Waals surface area contributed by atoms with Gasteiger partial charge in [-0.05, 0) is 55.4 Å². The van der Waals surface area contributed by atoms with Gasteiger partial charge < -0.3 is 15.1 Å². The first-order chi connectivity index (χ1) is 10.2. The van der Waals surface area contributed by atoms with E-state index in [4.69, 9.17) is 16.6 Å². The summed E-state index contributed by atoms with van der Waals surface area (Å²) in [7, 11) is 0. The lowest BCUT2D eigenvalue weighted by Crippen LogP contribution is -2.30. The van der Waals surface area contributed by atoms with Gasteiger partial charge in [-0.15, -0.1) is 0 Å². The van der Waals surface area contributed by atoms with Crippen LogP contribution in [-0.4, -0.2) is 17.4 Å². The summed E-state index contributed by atoms with van der Waals surface area (Å²) in [5, 5.41) is 7.14. The van der Waals surface area contributed by atoms with E-state index in [1.165, 1.54) is 11.1 Å². The van der Waals surface area contributed by atoms with Crippen molar-refractivity contribution >= 4 is 34.8 Å². The van der Waals surface area contributed by atoms with Gasteiger partial charge in [-0.3, -0.25) is 0 Å². The first kappa shape index (κ1) is 15.9. The fraction of sp³-hybridized carbons (Fsp3) is 0.312. The van der Waals surface area contributed by atoms with Crippen LogP contribution in [0.3, 0.4) is 0 Å². The van der Waals surface area contributed by atoms with Gasteiger partial charge in [-0.1, -0.05) is 12.1 Å². The Balaban J connectivity index is 1.66. The second-order valence-electron chi connectivity index (χ2n) is 4.76. The van der Waals surface area contributed by atoms with Gasteiger partial charge in [-0.25, -0.2) is 0 Å². The second-order valence-corrected chi connectivity index (χ2v) is 6.27. The summed E-state index contributed by atoms with van der Waals surface area (Å²) in [4.78, 5) is 0. The first-order valence-electron chi connectivity index (χ1n) is 6.88. The average Bonchev–Trinajstić information content (AvgIpc) is 2.97. The minimum absolute atomic E-state index is 0.669. The molecule has 0 saturated heterocycles. The summed E-state index contributed by atoms with van der Waals surface area (Å²) >= 11 is 7.14. The fourth-order valence-corrected chi connectivity index (χ4v) is 2.83. The number of nitrogens with one attached hydrogen (secondary N) is 2. The van der Waals surface area contributed by atoms with Crippen LogP contribution in [0.15, 0.2) is 41.0 Å². The molecule has 3 nitrogen and oxygen atoms in total. The highest BCUT2D eigenvalue weighted by Crippen LogP contribution is 2.17. The molecule has 1 heterocycles. The van der Waals surface area contributed by atoms with E-state index in [0.717, 1.165) is 29.5 Å². The first-order valence-corrected chi connectivity index (χ1v) is 8.44. The summed E-state index contributed by atoms with van der Waals surface area (Å²) < 4.78 is 5.29. The molecule has 112 valence electrons. The van der Waals surface area contributed by atoms with Crippen molar-refractivity contribution in [2.75, 3.05) is 17.6 Å². The summed E-state index contributed by atoms with van der Waals surface area (Å²) in [5.41, 5.74) is 3.56. The maximum absolute atomic E-state index is 5.32. The van der Waals surface area contributed by atoms with Crippen LogP contribution in [-0.2, 0) is 5.75 Å². The van der Waals surface area contributed by atoms with E-state index in [2.05, 4.69) is 30.5 Å². The molecule has 0 saturated carbocycles. The number of benzene rings is 1. The zero-order valence-corrected chi connectivity index (χ0v) is 13.9.